The number of terminal acetylenes is 1. The van der Waals surface area contributed by atoms with Crippen LogP contribution in [0.4, 0.5) is 4.79 Å². The average molecular weight is 514 g/mol. The minimum absolute atomic E-state index is 0.0335. The second-order valence-electron chi connectivity index (χ2n) is 11.1. The number of aliphatic hydroxyl groups is 1. The molecule has 37 heavy (non-hydrogen) atoms. The number of alkyl carbamates (subject to hydrolysis) is 1. The first-order valence-electron chi connectivity index (χ1n) is 13.2. The fourth-order valence-electron chi connectivity index (χ4n) is 4.58. The number of aliphatic hydroxyl groups excluding tert-OH is 1. The molecule has 3 amide bonds. The zero-order chi connectivity index (χ0) is 27.6. The van der Waals surface area contributed by atoms with Crippen LogP contribution in [-0.2, 0) is 14.3 Å². The third-order valence-corrected chi connectivity index (χ3v) is 6.22. The van der Waals surface area contributed by atoms with Crippen molar-refractivity contribution in [2.24, 2.45) is 5.92 Å². The van der Waals surface area contributed by atoms with Crippen LogP contribution in [0.25, 0.3) is 0 Å². The van der Waals surface area contributed by atoms with Crippen LogP contribution >= 0.6 is 0 Å². The van der Waals surface area contributed by atoms with Crippen molar-refractivity contribution >= 4 is 17.9 Å². The first-order chi connectivity index (χ1) is 17.4. The Morgan fingerprint density at radius 3 is 2.27 bits per heavy atom. The molecule has 2 atom stereocenters. The molecule has 2 unspecified atom stereocenters. The van der Waals surface area contributed by atoms with Gasteiger partial charge in [0.2, 0.25) is 11.8 Å². The van der Waals surface area contributed by atoms with E-state index in [4.69, 9.17) is 11.2 Å². The molecule has 8 nitrogen and oxygen atoms in total. The quantitative estimate of drug-likeness (QED) is 0.411. The van der Waals surface area contributed by atoms with E-state index in [1.165, 1.54) is 4.90 Å². The third-order valence-electron chi connectivity index (χ3n) is 6.22. The maximum atomic E-state index is 13.9. The van der Waals surface area contributed by atoms with Crippen molar-refractivity contribution < 1.29 is 24.2 Å². The molecule has 8 heteroatoms. The number of nitrogens with zero attached hydrogens (tertiary/aromatic N) is 1. The van der Waals surface area contributed by atoms with E-state index in [1.807, 2.05) is 13.8 Å². The lowest BCUT2D eigenvalue weighted by Gasteiger charge is -2.35. The van der Waals surface area contributed by atoms with E-state index in [1.54, 1.807) is 45.0 Å². The van der Waals surface area contributed by atoms with E-state index in [2.05, 4.69) is 16.6 Å². The van der Waals surface area contributed by atoms with Crippen LogP contribution in [0.15, 0.2) is 24.3 Å². The van der Waals surface area contributed by atoms with Gasteiger partial charge in [0.25, 0.3) is 0 Å². The molecule has 1 aromatic rings. The summed E-state index contributed by atoms with van der Waals surface area (Å²) >= 11 is 0. The Morgan fingerprint density at radius 1 is 1.14 bits per heavy atom. The van der Waals surface area contributed by atoms with Gasteiger partial charge in [0.15, 0.2) is 0 Å². The van der Waals surface area contributed by atoms with Gasteiger partial charge in [0, 0.05) is 18.2 Å². The van der Waals surface area contributed by atoms with E-state index in [0.717, 1.165) is 32.1 Å². The Balaban J connectivity index is 2.43. The van der Waals surface area contributed by atoms with Crippen molar-refractivity contribution in [2.75, 3.05) is 13.2 Å². The van der Waals surface area contributed by atoms with E-state index in [-0.39, 0.29) is 31.0 Å². The maximum absolute atomic E-state index is 13.9. The topological polar surface area (TPSA) is 108 Å². The SMILES string of the molecule is C#Cc1ccc(C(C(=O)NC2CCCCC2)N(CCO)C(=O)C(CC(C)C)NC(=O)OC(C)(C)C)cc1. The standard InChI is InChI=1S/C29H43N3O5/c1-7-21-13-15-22(16-14-21)25(26(34)30-23-11-9-8-10-12-23)32(17-18-33)27(35)24(19-20(2)3)31-28(36)37-29(4,5)6/h1,13-16,20,23-25,33H,8-12,17-19H2,2-6H3,(H,30,34)(H,31,36). The Bertz CT molecular complexity index is 940. The Morgan fingerprint density at radius 2 is 1.76 bits per heavy atom. The van der Waals surface area contributed by atoms with Gasteiger partial charge in [-0.05, 0) is 63.6 Å². The smallest absolute Gasteiger partial charge is 0.408 e. The number of carbonyl (C=O) groups excluding carboxylic acids is 3. The molecule has 1 aliphatic carbocycles. The molecule has 204 valence electrons. The van der Waals surface area contributed by atoms with E-state index in [0.29, 0.717) is 17.5 Å². The number of carbonyl (C=O) groups is 3. The van der Waals surface area contributed by atoms with Gasteiger partial charge in [-0.15, -0.1) is 6.42 Å². The van der Waals surface area contributed by atoms with Gasteiger partial charge < -0.3 is 25.4 Å². The summed E-state index contributed by atoms with van der Waals surface area (Å²) in [6, 6.07) is 5.02. The van der Waals surface area contributed by atoms with Crippen molar-refractivity contribution in [3.8, 4) is 12.3 Å². The lowest BCUT2D eigenvalue weighted by atomic mass is 9.94. The van der Waals surface area contributed by atoms with Gasteiger partial charge in [-0.25, -0.2) is 4.79 Å². The summed E-state index contributed by atoms with van der Waals surface area (Å²) in [5.74, 6) is 1.86. The van der Waals surface area contributed by atoms with Crippen LogP contribution in [-0.4, -0.2) is 58.8 Å². The van der Waals surface area contributed by atoms with Crippen molar-refractivity contribution in [3.63, 3.8) is 0 Å². The lowest BCUT2D eigenvalue weighted by molar-refractivity contribution is -0.143. The van der Waals surface area contributed by atoms with Crippen LogP contribution in [0.3, 0.4) is 0 Å². The molecule has 1 saturated carbocycles. The second kappa shape index (κ2) is 14.0. The molecule has 0 aliphatic heterocycles. The predicted octanol–water partition coefficient (Wildman–Crippen LogP) is 3.92. The van der Waals surface area contributed by atoms with E-state index in [9.17, 15) is 19.5 Å². The summed E-state index contributed by atoms with van der Waals surface area (Å²) in [6.07, 6.45) is 10.1. The number of hydrogen-bond acceptors (Lipinski definition) is 5. The minimum atomic E-state index is -0.997. The number of amides is 3. The first-order valence-corrected chi connectivity index (χ1v) is 13.2. The molecule has 0 saturated heterocycles. The van der Waals surface area contributed by atoms with Crippen LogP contribution < -0.4 is 10.6 Å². The van der Waals surface area contributed by atoms with Crippen molar-refractivity contribution in [3.05, 3.63) is 35.4 Å². The molecule has 0 spiro atoms. The Kier molecular flexibility index (Phi) is 11.4. The highest BCUT2D eigenvalue weighted by Gasteiger charge is 2.37. The number of nitrogens with one attached hydrogen (secondary N) is 2. The average Bonchev–Trinajstić information content (AvgIpc) is 2.82. The molecule has 0 bridgehead atoms. The molecule has 1 fully saturated rings. The van der Waals surface area contributed by atoms with Crippen molar-refractivity contribution in [2.45, 2.75) is 96.9 Å². The molecule has 3 N–H and O–H groups in total. The van der Waals surface area contributed by atoms with Gasteiger partial charge in [-0.3, -0.25) is 9.59 Å². The molecular weight excluding hydrogens is 470 g/mol. The first kappa shape index (κ1) is 30.2. The molecule has 0 aromatic heterocycles. The summed E-state index contributed by atoms with van der Waals surface area (Å²) in [4.78, 5) is 41.6. The normalized spacial score (nSPS) is 15.8. The van der Waals surface area contributed by atoms with Gasteiger partial charge in [0.1, 0.15) is 17.7 Å². The largest absolute Gasteiger partial charge is 0.444 e. The van der Waals surface area contributed by atoms with Crippen LogP contribution in [0.1, 0.15) is 90.3 Å². The summed E-state index contributed by atoms with van der Waals surface area (Å²) < 4.78 is 5.39. The minimum Gasteiger partial charge on any atom is -0.444 e. The van der Waals surface area contributed by atoms with E-state index < -0.39 is 29.7 Å². The summed E-state index contributed by atoms with van der Waals surface area (Å²) in [6.45, 7) is 8.70. The van der Waals surface area contributed by atoms with E-state index >= 15 is 0 Å². The molecular formula is C29H43N3O5. The highest BCUT2D eigenvalue weighted by atomic mass is 16.6. The van der Waals surface area contributed by atoms with Gasteiger partial charge in [-0.1, -0.05) is 51.2 Å². The predicted molar refractivity (Wildman–Crippen MR) is 144 cm³/mol. The van der Waals surface area contributed by atoms with Gasteiger partial charge >= 0.3 is 6.09 Å². The summed E-state index contributed by atoms with van der Waals surface area (Å²) in [5.41, 5.74) is 0.496. The van der Waals surface area contributed by atoms with Crippen molar-refractivity contribution in [1.29, 1.82) is 0 Å². The molecule has 0 heterocycles. The monoisotopic (exact) mass is 513 g/mol. The van der Waals surface area contributed by atoms with Crippen LogP contribution in [0.5, 0.6) is 0 Å². The fraction of sp³-hybridized carbons (Fsp3) is 0.621. The Hall–Kier alpha value is -3.05. The van der Waals surface area contributed by atoms with Crippen LogP contribution in [0, 0.1) is 18.3 Å². The third kappa shape index (κ3) is 9.73. The highest BCUT2D eigenvalue weighted by Crippen LogP contribution is 2.26. The molecule has 2 rings (SSSR count). The lowest BCUT2D eigenvalue weighted by Crippen LogP contribution is -2.54. The maximum Gasteiger partial charge on any atom is 0.408 e. The fourth-order valence-corrected chi connectivity index (χ4v) is 4.58. The molecule has 1 aromatic carbocycles. The zero-order valence-corrected chi connectivity index (χ0v) is 22.9. The Labute approximate surface area is 221 Å². The molecule has 1 aliphatic rings. The van der Waals surface area contributed by atoms with Crippen LogP contribution in [0.2, 0.25) is 0 Å². The second-order valence-corrected chi connectivity index (χ2v) is 11.1. The molecule has 0 radical (unpaired) electrons. The van der Waals surface area contributed by atoms with Gasteiger partial charge in [-0.2, -0.15) is 0 Å². The number of hydrogen-bond donors (Lipinski definition) is 3. The van der Waals surface area contributed by atoms with Gasteiger partial charge in [0.05, 0.1) is 6.61 Å². The highest BCUT2D eigenvalue weighted by molar-refractivity contribution is 5.92. The zero-order valence-electron chi connectivity index (χ0n) is 22.9. The number of ether oxygens (including phenoxy) is 1. The van der Waals surface area contributed by atoms with Crippen molar-refractivity contribution in [1.82, 2.24) is 15.5 Å². The number of rotatable bonds is 10. The summed E-state index contributed by atoms with van der Waals surface area (Å²) in [7, 11) is 0. The summed E-state index contributed by atoms with van der Waals surface area (Å²) in [5, 5.41) is 15.7. The number of benzene rings is 1.